The molecule has 2 aromatic rings. The smallest absolute Gasteiger partial charge is 0.224 e. The fourth-order valence-corrected chi connectivity index (χ4v) is 3.13. The van der Waals surface area contributed by atoms with Crippen LogP contribution >= 0.6 is 22.9 Å². The second kappa shape index (κ2) is 11.6. The van der Waals surface area contributed by atoms with Gasteiger partial charge >= 0.3 is 0 Å². The predicted molar refractivity (Wildman–Crippen MR) is 114 cm³/mol. The summed E-state index contributed by atoms with van der Waals surface area (Å²) < 4.78 is 0. The van der Waals surface area contributed by atoms with Crippen molar-refractivity contribution in [3.8, 4) is 0 Å². The number of guanidine groups is 1. The summed E-state index contributed by atoms with van der Waals surface area (Å²) in [5.74, 6) is 0.743. The maximum absolute atomic E-state index is 12.0. The number of thiazole rings is 1. The maximum atomic E-state index is 12.0. The highest BCUT2D eigenvalue weighted by Gasteiger charge is 2.03. The van der Waals surface area contributed by atoms with Gasteiger partial charge in [-0.3, -0.25) is 9.79 Å². The molecule has 1 heterocycles. The first-order chi connectivity index (χ1) is 13.1. The molecular formula is C19H26ClN5OS. The molecule has 0 fully saturated rings. The lowest BCUT2D eigenvalue weighted by Gasteiger charge is -2.10. The van der Waals surface area contributed by atoms with E-state index in [1.54, 1.807) is 35.6 Å². The molecule has 3 N–H and O–H groups in total. The number of halogens is 1. The number of hydrogen-bond donors (Lipinski definition) is 3. The molecule has 146 valence electrons. The Hall–Kier alpha value is -2.12. The zero-order valence-electron chi connectivity index (χ0n) is 15.7. The molecule has 0 spiro atoms. The number of carbonyl (C=O) groups is 1. The average molecular weight is 408 g/mol. The Balaban J connectivity index is 1.68. The standard InChI is InChI=1S/C19H26ClN5OS/c1-3-21-19(23-12-10-17-13-27-14(2)24-17)22-11-4-5-18(26)25-16-8-6-15(20)7-9-16/h6-9,13H,3-5,10-12H2,1-2H3,(H,25,26)(H2,21,22,23). The second-order valence-electron chi connectivity index (χ2n) is 5.95. The van der Waals surface area contributed by atoms with Gasteiger partial charge in [0.15, 0.2) is 5.96 Å². The van der Waals surface area contributed by atoms with Crippen molar-refractivity contribution in [1.82, 2.24) is 15.6 Å². The number of anilines is 1. The van der Waals surface area contributed by atoms with E-state index in [1.165, 1.54) is 0 Å². The van der Waals surface area contributed by atoms with Crippen LogP contribution in [-0.2, 0) is 11.2 Å². The van der Waals surface area contributed by atoms with E-state index in [0.717, 1.165) is 41.9 Å². The normalized spacial score (nSPS) is 11.3. The van der Waals surface area contributed by atoms with Crippen molar-refractivity contribution in [1.29, 1.82) is 0 Å². The molecule has 0 bridgehead atoms. The third kappa shape index (κ3) is 8.41. The molecule has 0 atom stereocenters. The number of carbonyl (C=O) groups excluding carboxylic acids is 1. The molecule has 0 radical (unpaired) electrons. The lowest BCUT2D eigenvalue weighted by Crippen LogP contribution is -2.38. The minimum absolute atomic E-state index is 0.0237. The largest absolute Gasteiger partial charge is 0.357 e. The summed E-state index contributed by atoms with van der Waals surface area (Å²) in [5.41, 5.74) is 1.85. The van der Waals surface area contributed by atoms with Crippen LogP contribution in [0.5, 0.6) is 0 Å². The van der Waals surface area contributed by atoms with Gasteiger partial charge in [-0.2, -0.15) is 0 Å². The molecule has 1 amide bonds. The van der Waals surface area contributed by atoms with E-state index in [1.807, 2.05) is 13.8 Å². The zero-order chi connectivity index (χ0) is 19.5. The van der Waals surface area contributed by atoms with Crippen molar-refractivity contribution < 1.29 is 4.79 Å². The minimum atomic E-state index is -0.0237. The van der Waals surface area contributed by atoms with E-state index in [2.05, 4.69) is 31.3 Å². The first-order valence-electron chi connectivity index (χ1n) is 9.05. The van der Waals surface area contributed by atoms with Gasteiger partial charge in [-0.15, -0.1) is 11.3 Å². The summed E-state index contributed by atoms with van der Waals surface area (Å²) in [6.45, 7) is 6.18. The van der Waals surface area contributed by atoms with Crippen molar-refractivity contribution in [3.05, 3.63) is 45.4 Å². The van der Waals surface area contributed by atoms with Crippen molar-refractivity contribution >= 4 is 40.5 Å². The second-order valence-corrected chi connectivity index (χ2v) is 7.45. The third-order valence-electron chi connectivity index (χ3n) is 3.64. The van der Waals surface area contributed by atoms with E-state index in [-0.39, 0.29) is 5.91 Å². The molecule has 1 aromatic carbocycles. The third-order valence-corrected chi connectivity index (χ3v) is 4.72. The van der Waals surface area contributed by atoms with Crippen LogP contribution in [0.25, 0.3) is 0 Å². The number of aryl methyl sites for hydroxylation is 1. The Morgan fingerprint density at radius 3 is 2.70 bits per heavy atom. The molecule has 8 heteroatoms. The van der Waals surface area contributed by atoms with Crippen LogP contribution in [-0.4, -0.2) is 36.5 Å². The van der Waals surface area contributed by atoms with E-state index in [4.69, 9.17) is 11.6 Å². The fraction of sp³-hybridized carbons (Fsp3) is 0.421. The summed E-state index contributed by atoms with van der Waals surface area (Å²) in [6.07, 6.45) is 1.96. The van der Waals surface area contributed by atoms with Gasteiger partial charge in [0.05, 0.1) is 10.7 Å². The maximum Gasteiger partial charge on any atom is 0.224 e. The molecule has 0 saturated heterocycles. The lowest BCUT2D eigenvalue weighted by molar-refractivity contribution is -0.116. The summed E-state index contributed by atoms with van der Waals surface area (Å²) >= 11 is 7.50. The van der Waals surface area contributed by atoms with Gasteiger partial charge in [-0.05, 0) is 44.5 Å². The molecule has 0 aliphatic rings. The molecule has 0 saturated carbocycles. The molecule has 0 aliphatic heterocycles. The molecular weight excluding hydrogens is 382 g/mol. The molecule has 0 unspecified atom stereocenters. The van der Waals surface area contributed by atoms with E-state index in [9.17, 15) is 4.79 Å². The number of amides is 1. The highest BCUT2D eigenvalue weighted by molar-refractivity contribution is 7.09. The van der Waals surface area contributed by atoms with E-state index in [0.29, 0.717) is 24.4 Å². The van der Waals surface area contributed by atoms with Gasteiger partial charge in [0, 0.05) is 48.6 Å². The number of rotatable bonds is 9. The zero-order valence-corrected chi connectivity index (χ0v) is 17.3. The van der Waals surface area contributed by atoms with Gasteiger partial charge in [-0.1, -0.05) is 11.6 Å². The predicted octanol–water partition coefficient (Wildman–Crippen LogP) is 3.62. The number of nitrogens with zero attached hydrogens (tertiary/aromatic N) is 2. The quantitative estimate of drug-likeness (QED) is 0.337. The van der Waals surface area contributed by atoms with Crippen LogP contribution in [0.15, 0.2) is 34.6 Å². The Bertz CT molecular complexity index is 745. The van der Waals surface area contributed by atoms with Crippen LogP contribution in [0.1, 0.15) is 30.5 Å². The Morgan fingerprint density at radius 1 is 1.26 bits per heavy atom. The minimum Gasteiger partial charge on any atom is -0.357 e. The first kappa shape index (κ1) is 21.2. The van der Waals surface area contributed by atoms with Gasteiger partial charge in [0.1, 0.15) is 0 Å². The fourth-order valence-electron chi connectivity index (χ4n) is 2.36. The highest BCUT2D eigenvalue weighted by atomic mass is 35.5. The van der Waals surface area contributed by atoms with Crippen LogP contribution < -0.4 is 16.0 Å². The molecule has 6 nitrogen and oxygen atoms in total. The summed E-state index contributed by atoms with van der Waals surface area (Å²) in [6, 6.07) is 7.08. The van der Waals surface area contributed by atoms with Crippen LogP contribution in [0, 0.1) is 6.92 Å². The number of nitrogens with one attached hydrogen (secondary N) is 3. The van der Waals surface area contributed by atoms with E-state index >= 15 is 0 Å². The van der Waals surface area contributed by atoms with Crippen LogP contribution in [0.2, 0.25) is 5.02 Å². The van der Waals surface area contributed by atoms with Crippen molar-refractivity contribution in [2.75, 3.05) is 25.0 Å². The molecule has 1 aromatic heterocycles. The number of hydrogen-bond acceptors (Lipinski definition) is 4. The van der Waals surface area contributed by atoms with Crippen molar-refractivity contribution in [3.63, 3.8) is 0 Å². The van der Waals surface area contributed by atoms with Crippen molar-refractivity contribution in [2.45, 2.75) is 33.1 Å². The Kier molecular flexibility index (Phi) is 9.07. The van der Waals surface area contributed by atoms with Gasteiger partial charge in [-0.25, -0.2) is 4.98 Å². The van der Waals surface area contributed by atoms with Crippen LogP contribution in [0.4, 0.5) is 5.69 Å². The first-order valence-corrected chi connectivity index (χ1v) is 10.3. The molecule has 2 rings (SSSR count). The Labute approximate surface area is 169 Å². The molecule has 0 aliphatic carbocycles. The SMILES string of the molecule is CCNC(=NCCCC(=O)Nc1ccc(Cl)cc1)NCCc1csc(C)n1. The Morgan fingerprint density at radius 2 is 2.04 bits per heavy atom. The summed E-state index contributed by atoms with van der Waals surface area (Å²) in [7, 11) is 0. The van der Waals surface area contributed by atoms with Gasteiger partial charge in [0.25, 0.3) is 0 Å². The van der Waals surface area contributed by atoms with Crippen LogP contribution in [0.3, 0.4) is 0 Å². The van der Waals surface area contributed by atoms with Crippen molar-refractivity contribution in [2.24, 2.45) is 4.99 Å². The highest BCUT2D eigenvalue weighted by Crippen LogP contribution is 2.13. The average Bonchev–Trinajstić information content (AvgIpc) is 3.06. The topological polar surface area (TPSA) is 78.4 Å². The number of aromatic nitrogens is 1. The van der Waals surface area contributed by atoms with Gasteiger partial charge in [0.2, 0.25) is 5.91 Å². The molecule has 27 heavy (non-hydrogen) atoms. The number of aliphatic imine (C=N–C) groups is 1. The van der Waals surface area contributed by atoms with Gasteiger partial charge < -0.3 is 16.0 Å². The summed E-state index contributed by atoms with van der Waals surface area (Å²) in [5, 5.41) is 13.2. The number of benzene rings is 1. The lowest BCUT2D eigenvalue weighted by atomic mass is 10.2. The van der Waals surface area contributed by atoms with E-state index < -0.39 is 0 Å². The monoisotopic (exact) mass is 407 g/mol. The summed E-state index contributed by atoms with van der Waals surface area (Å²) in [4.78, 5) is 20.9.